The van der Waals surface area contributed by atoms with Crippen molar-refractivity contribution in [2.45, 2.75) is 38.9 Å². The zero-order valence-corrected chi connectivity index (χ0v) is 10.3. The van der Waals surface area contributed by atoms with Crippen molar-refractivity contribution in [3.8, 4) is 0 Å². The lowest BCUT2D eigenvalue weighted by atomic mass is 9.91. The lowest BCUT2D eigenvalue weighted by Gasteiger charge is -2.23. The first-order valence-electron chi connectivity index (χ1n) is 4.90. The van der Waals surface area contributed by atoms with Crippen molar-refractivity contribution in [2.75, 3.05) is 0 Å². The summed E-state index contributed by atoms with van der Waals surface area (Å²) >= 11 is 6.07. The molecule has 0 aromatic heterocycles. The third-order valence-corrected chi connectivity index (χ3v) is 2.66. The van der Waals surface area contributed by atoms with Crippen LogP contribution in [0.1, 0.15) is 38.8 Å². The molecule has 84 valence electrons. The molecule has 0 radical (unpaired) electrons. The largest absolute Gasteiger partial charge is 0.322 e. The van der Waals surface area contributed by atoms with E-state index in [9.17, 15) is 4.39 Å². The van der Waals surface area contributed by atoms with Gasteiger partial charge in [0.1, 0.15) is 5.67 Å². The molecule has 0 bridgehead atoms. The van der Waals surface area contributed by atoms with Crippen molar-refractivity contribution in [1.29, 1.82) is 0 Å². The van der Waals surface area contributed by atoms with E-state index in [2.05, 4.69) is 0 Å². The van der Waals surface area contributed by atoms with Crippen molar-refractivity contribution in [1.82, 2.24) is 0 Å². The van der Waals surface area contributed by atoms with Gasteiger partial charge in [0, 0.05) is 10.6 Å². The highest BCUT2D eigenvalue weighted by molar-refractivity contribution is 6.31. The van der Waals surface area contributed by atoms with Gasteiger partial charge in [-0.1, -0.05) is 23.7 Å². The molecule has 0 aliphatic heterocycles. The van der Waals surface area contributed by atoms with E-state index in [0.717, 1.165) is 5.56 Å². The number of hydrogen-bond acceptors (Lipinski definition) is 1. The van der Waals surface area contributed by atoms with Crippen LogP contribution in [0.15, 0.2) is 18.2 Å². The van der Waals surface area contributed by atoms with Crippen LogP contribution in [-0.2, 0) is 11.2 Å². The molecule has 1 aromatic rings. The van der Waals surface area contributed by atoms with Crippen molar-refractivity contribution in [2.24, 2.45) is 5.73 Å². The van der Waals surface area contributed by atoms with Gasteiger partial charge in [0.2, 0.25) is 0 Å². The lowest BCUT2D eigenvalue weighted by Crippen LogP contribution is -2.29. The summed E-state index contributed by atoms with van der Waals surface area (Å²) in [5.41, 5.74) is 5.46. The van der Waals surface area contributed by atoms with Gasteiger partial charge in [0.05, 0.1) is 0 Å². The van der Waals surface area contributed by atoms with Crippen molar-refractivity contribution in [3.05, 3.63) is 34.3 Å². The molecule has 0 amide bonds. The van der Waals surface area contributed by atoms with E-state index in [4.69, 9.17) is 17.3 Å². The van der Waals surface area contributed by atoms with Crippen molar-refractivity contribution >= 4 is 11.6 Å². The molecule has 0 aliphatic carbocycles. The molecular weight excluding hydrogens is 213 g/mol. The molecule has 0 saturated carbocycles. The number of alkyl halides is 1. The highest BCUT2D eigenvalue weighted by Gasteiger charge is 2.23. The Morgan fingerprint density at radius 1 is 1.20 bits per heavy atom. The number of nitrogens with two attached hydrogens (primary N) is 1. The summed E-state index contributed by atoms with van der Waals surface area (Å²) in [6.45, 7) is 6.75. The quantitative estimate of drug-likeness (QED) is 0.822. The van der Waals surface area contributed by atoms with E-state index in [0.29, 0.717) is 10.6 Å². The monoisotopic (exact) mass is 229 g/mol. The summed E-state index contributed by atoms with van der Waals surface area (Å²) in [5.74, 6) is 0. The normalized spacial score (nSPS) is 13.0. The van der Waals surface area contributed by atoms with Crippen molar-refractivity contribution < 1.29 is 4.39 Å². The molecule has 0 saturated heterocycles. The second kappa shape index (κ2) is 3.76. The summed E-state index contributed by atoms with van der Waals surface area (Å²) in [7, 11) is 0. The smallest absolute Gasteiger partial charge is 0.130 e. The van der Waals surface area contributed by atoms with Crippen LogP contribution in [0, 0.1) is 0 Å². The summed E-state index contributed by atoms with van der Waals surface area (Å²) in [6.07, 6.45) is 0. The lowest BCUT2D eigenvalue weighted by molar-refractivity contribution is 0.221. The van der Waals surface area contributed by atoms with Crippen LogP contribution in [0.2, 0.25) is 5.02 Å². The summed E-state index contributed by atoms with van der Waals surface area (Å²) in [5, 5.41) is 0.519. The summed E-state index contributed by atoms with van der Waals surface area (Å²) in [6, 6.07) is 5.17. The average molecular weight is 230 g/mol. The van der Waals surface area contributed by atoms with Crippen LogP contribution in [0.3, 0.4) is 0 Å². The molecule has 15 heavy (non-hydrogen) atoms. The number of hydrogen-bond donors (Lipinski definition) is 1. The Balaban J connectivity index is 3.21. The Morgan fingerprint density at radius 3 is 2.07 bits per heavy atom. The molecule has 0 heterocycles. The molecule has 1 rings (SSSR count). The molecule has 1 aromatic carbocycles. The average Bonchev–Trinajstić information content (AvgIpc) is 1.99. The van der Waals surface area contributed by atoms with Gasteiger partial charge in [-0.05, 0) is 44.9 Å². The minimum Gasteiger partial charge on any atom is -0.322 e. The topological polar surface area (TPSA) is 26.0 Å². The van der Waals surface area contributed by atoms with E-state index >= 15 is 0 Å². The fourth-order valence-electron chi connectivity index (χ4n) is 1.41. The Bertz CT molecular complexity index is 361. The fraction of sp³-hybridized carbons (Fsp3) is 0.500. The van der Waals surface area contributed by atoms with Crippen molar-refractivity contribution in [3.63, 3.8) is 0 Å². The molecular formula is C12H17ClFN. The standard InChI is InChI=1S/C12H17ClFN/c1-11(2,14)8-5-6-9(10(13)7-8)12(3,4)15/h5-7H,15H2,1-4H3. The Labute approximate surface area is 95.4 Å². The van der Waals surface area contributed by atoms with Gasteiger partial charge >= 0.3 is 0 Å². The van der Waals surface area contributed by atoms with Gasteiger partial charge in [-0.25, -0.2) is 4.39 Å². The number of benzene rings is 1. The van der Waals surface area contributed by atoms with Crippen LogP contribution in [0.5, 0.6) is 0 Å². The van der Waals surface area contributed by atoms with Crippen LogP contribution in [-0.4, -0.2) is 0 Å². The Morgan fingerprint density at radius 2 is 1.73 bits per heavy atom. The van der Waals surface area contributed by atoms with E-state index < -0.39 is 11.2 Å². The SMILES string of the molecule is CC(C)(N)c1ccc(C(C)(C)F)cc1Cl. The zero-order valence-electron chi connectivity index (χ0n) is 9.57. The molecule has 3 heteroatoms. The van der Waals surface area contributed by atoms with Gasteiger partial charge in [0.25, 0.3) is 0 Å². The maximum atomic E-state index is 13.6. The maximum absolute atomic E-state index is 13.6. The first kappa shape index (κ1) is 12.5. The predicted molar refractivity (Wildman–Crippen MR) is 62.8 cm³/mol. The Kier molecular flexibility index (Phi) is 3.13. The number of rotatable bonds is 2. The maximum Gasteiger partial charge on any atom is 0.130 e. The minimum atomic E-state index is -1.37. The molecule has 2 N–H and O–H groups in total. The molecule has 0 aliphatic rings. The third kappa shape index (κ3) is 2.93. The van der Waals surface area contributed by atoms with Gasteiger partial charge < -0.3 is 5.73 Å². The molecule has 1 nitrogen and oxygen atoms in total. The summed E-state index contributed by atoms with van der Waals surface area (Å²) in [4.78, 5) is 0. The zero-order chi connectivity index (χ0) is 11.9. The first-order chi connectivity index (χ1) is 6.62. The van der Waals surface area contributed by atoms with Gasteiger partial charge in [-0.15, -0.1) is 0 Å². The van der Waals surface area contributed by atoms with Crippen LogP contribution in [0.4, 0.5) is 4.39 Å². The van der Waals surface area contributed by atoms with E-state index in [1.807, 2.05) is 13.8 Å². The summed E-state index contributed by atoms with van der Waals surface area (Å²) < 4.78 is 13.6. The molecule has 0 spiro atoms. The number of halogens is 2. The minimum absolute atomic E-state index is 0.504. The second-order valence-electron chi connectivity index (χ2n) is 4.89. The highest BCUT2D eigenvalue weighted by atomic mass is 35.5. The van der Waals surface area contributed by atoms with E-state index in [1.165, 1.54) is 13.8 Å². The van der Waals surface area contributed by atoms with Gasteiger partial charge in [0.15, 0.2) is 0 Å². The molecule has 0 atom stereocenters. The Hall–Kier alpha value is -0.600. The van der Waals surface area contributed by atoms with Crippen LogP contribution >= 0.6 is 11.6 Å². The fourth-order valence-corrected chi connectivity index (χ4v) is 1.83. The highest BCUT2D eigenvalue weighted by Crippen LogP contribution is 2.32. The second-order valence-corrected chi connectivity index (χ2v) is 5.30. The first-order valence-corrected chi connectivity index (χ1v) is 5.28. The molecule has 0 fully saturated rings. The van der Waals surface area contributed by atoms with E-state index in [-0.39, 0.29) is 0 Å². The third-order valence-electron chi connectivity index (χ3n) is 2.35. The predicted octanol–water partition coefficient (Wildman–Crippen LogP) is 3.74. The van der Waals surface area contributed by atoms with Gasteiger partial charge in [-0.2, -0.15) is 0 Å². The van der Waals surface area contributed by atoms with Gasteiger partial charge in [-0.3, -0.25) is 0 Å². The molecule has 0 unspecified atom stereocenters. The van der Waals surface area contributed by atoms with E-state index in [1.54, 1.807) is 18.2 Å². The van der Waals surface area contributed by atoms with Crippen LogP contribution < -0.4 is 5.73 Å². The van der Waals surface area contributed by atoms with Crippen LogP contribution in [0.25, 0.3) is 0 Å².